The van der Waals surface area contributed by atoms with Crippen LogP contribution in [0.2, 0.25) is 0 Å². The second-order valence-corrected chi connectivity index (χ2v) is 9.00. The fraction of sp³-hybridized carbons (Fsp3) is 0.217. The monoisotopic (exact) mass is 432 g/mol. The van der Waals surface area contributed by atoms with Crippen LogP contribution in [0.3, 0.4) is 0 Å². The average Bonchev–Trinajstić information content (AvgIpc) is 3.00. The van der Waals surface area contributed by atoms with Crippen molar-refractivity contribution in [2.75, 3.05) is 6.66 Å². The third-order valence-corrected chi connectivity index (χ3v) is 5.81. The van der Waals surface area contributed by atoms with Gasteiger partial charge in [0, 0.05) is 30.1 Å². The van der Waals surface area contributed by atoms with E-state index in [4.69, 9.17) is 4.74 Å². The van der Waals surface area contributed by atoms with Gasteiger partial charge in [-0.05, 0) is 26.2 Å². The van der Waals surface area contributed by atoms with Crippen LogP contribution in [0.25, 0.3) is 17.5 Å². The van der Waals surface area contributed by atoms with E-state index in [0.717, 1.165) is 17.7 Å². The predicted molar refractivity (Wildman–Crippen MR) is 121 cm³/mol. The molecule has 4 rings (SSSR count). The van der Waals surface area contributed by atoms with E-state index in [2.05, 4.69) is 32.7 Å². The molecule has 3 heterocycles. The van der Waals surface area contributed by atoms with Crippen molar-refractivity contribution in [2.24, 2.45) is 4.99 Å². The lowest BCUT2D eigenvalue weighted by molar-refractivity contribution is -0.697. The minimum absolute atomic E-state index is 0.184. The molecule has 1 unspecified atom stereocenters. The number of benzene rings is 1. The van der Waals surface area contributed by atoms with E-state index < -0.39 is 0 Å². The molecule has 0 aliphatic carbocycles. The van der Waals surface area contributed by atoms with Crippen LogP contribution in [0, 0.1) is 0 Å². The van der Waals surface area contributed by atoms with Gasteiger partial charge < -0.3 is 4.74 Å². The van der Waals surface area contributed by atoms with Gasteiger partial charge >= 0.3 is 5.97 Å². The number of aryl methyl sites for hydroxylation is 1. The normalized spacial score (nSPS) is 14.7. The zero-order valence-corrected chi connectivity index (χ0v) is 18.2. The number of nitrogens with zero attached hydrogens (tertiary/aromatic N) is 5. The van der Waals surface area contributed by atoms with Gasteiger partial charge in [-0.15, -0.1) is 10.2 Å². The number of carbonyl (C=O) groups excluding carboxylic acids is 1. The Morgan fingerprint density at radius 1 is 1.10 bits per heavy atom. The van der Waals surface area contributed by atoms with Crippen LogP contribution >= 0.6 is 7.92 Å². The Bertz CT molecular complexity index is 1100. The molecule has 31 heavy (non-hydrogen) atoms. The number of pyridine rings is 1. The maximum absolute atomic E-state index is 11.9. The number of carbonyl (C=O) groups is 1. The van der Waals surface area contributed by atoms with Crippen molar-refractivity contribution in [2.45, 2.75) is 26.0 Å². The lowest BCUT2D eigenvalue weighted by Gasteiger charge is -2.04. The van der Waals surface area contributed by atoms with Crippen molar-refractivity contribution in [1.29, 1.82) is 0 Å². The van der Waals surface area contributed by atoms with Gasteiger partial charge in [0.05, 0.1) is 6.42 Å². The third kappa shape index (κ3) is 5.86. The molecule has 7 nitrogen and oxygen atoms in total. The van der Waals surface area contributed by atoms with Crippen molar-refractivity contribution in [1.82, 2.24) is 15.2 Å². The van der Waals surface area contributed by atoms with Crippen LogP contribution in [0.15, 0.2) is 65.7 Å². The first-order valence-corrected chi connectivity index (χ1v) is 12.0. The molecule has 156 valence electrons. The number of fused-ring (bicyclic) bond motifs is 1. The highest BCUT2D eigenvalue weighted by molar-refractivity contribution is 7.75. The molecule has 0 fully saturated rings. The zero-order chi connectivity index (χ0) is 21.5. The number of ether oxygens (including phenoxy) is 1. The van der Waals surface area contributed by atoms with Crippen molar-refractivity contribution >= 4 is 31.7 Å². The average molecular weight is 432 g/mol. The highest BCUT2D eigenvalue weighted by atomic mass is 31.1. The summed E-state index contributed by atoms with van der Waals surface area (Å²) in [6.45, 7) is 3.16. The zero-order valence-electron chi connectivity index (χ0n) is 17.3. The molecule has 3 aromatic rings. The molecular formula is C23H23N5O2P+. The Kier molecular flexibility index (Phi) is 6.85. The van der Waals surface area contributed by atoms with E-state index in [-0.39, 0.29) is 13.9 Å². The van der Waals surface area contributed by atoms with E-state index in [0.29, 0.717) is 36.8 Å². The van der Waals surface area contributed by atoms with E-state index in [1.165, 1.54) is 0 Å². The van der Waals surface area contributed by atoms with Crippen LogP contribution in [0.5, 0.6) is 0 Å². The molecular weight excluding hydrogens is 409 g/mol. The number of hydrogen-bond donors (Lipinski definition) is 0. The first-order valence-electron chi connectivity index (χ1n) is 10.1. The molecule has 8 heteroatoms. The summed E-state index contributed by atoms with van der Waals surface area (Å²) in [5.41, 5.74) is 2.56. The first kappa shape index (κ1) is 20.9. The maximum Gasteiger partial charge on any atom is 0.306 e. The van der Waals surface area contributed by atoms with Crippen LogP contribution in [0.1, 0.15) is 24.1 Å². The molecule has 0 saturated carbocycles. The van der Waals surface area contributed by atoms with Gasteiger partial charge in [0.1, 0.15) is 18.8 Å². The van der Waals surface area contributed by atoms with Gasteiger partial charge in [0.25, 0.3) is 0 Å². The topological polar surface area (TPSA) is 81.2 Å². The summed E-state index contributed by atoms with van der Waals surface area (Å²) in [4.78, 5) is 20.9. The standard InChI is InChI=1S/C23H23N5O2P/c1-31-15-11-20-23(24-17-31)25-22(27-26-20)19-9-13-28(14-10-19)12-5-8-21(29)30-16-18-6-3-2-4-7-18/h2-4,6-7,9-11,13-15,17H,5,8,12,16H2,1H3/q+1. The van der Waals surface area contributed by atoms with Crippen LogP contribution in [-0.2, 0) is 22.7 Å². The lowest BCUT2D eigenvalue weighted by atomic mass is 10.2. The minimum Gasteiger partial charge on any atom is -0.461 e. The minimum atomic E-state index is -0.375. The number of esters is 1. The van der Waals surface area contributed by atoms with Gasteiger partial charge in [-0.1, -0.05) is 36.1 Å². The highest BCUT2D eigenvalue weighted by Crippen LogP contribution is 2.34. The molecule has 1 aliphatic rings. The van der Waals surface area contributed by atoms with Gasteiger partial charge in [0.2, 0.25) is 0 Å². The highest BCUT2D eigenvalue weighted by Gasteiger charge is 2.12. The van der Waals surface area contributed by atoms with Crippen molar-refractivity contribution in [3.63, 3.8) is 0 Å². The number of hydrogen-bond acceptors (Lipinski definition) is 6. The third-order valence-electron chi connectivity index (χ3n) is 4.71. The molecule has 0 spiro atoms. The Balaban J connectivity index is 1.29. The van der Waals surface area contributed by atoms with Crippen LogP contribution < -0.4 is 4.57 Å². The Morgan fingerprint density at radius 3 is 2.71 bits per heavy atom. The second kappa shape index (κ2) is 10.1. The first-order chi connectivity index (χ1) is 15.2. The second-order valence-electron chi connectivity index (χ2n) is 7.14. The van der Waals surface area contributed by atoms with Gasteiger partial charge in [-0.2, -0.15) is 0 Å². The number of rotatable bonds is 7. The SMILES string of the molecule is CP1C=Cc2nnc(-c3cc[n+](CCCC(=O)OCc4ccccc4)cc3)nc2N=C1. The molecule has 0 amide bonds. The van der Waals surface area contributed by atoms with Crippen molar-refractivity contribution in [3.8, 4) is 11.4 Å². The molecule has 0 saturated heterocycles. The Morgan fingerprint density at radius 2 is 1.90 bits per heavy atom. The summed E-state index contributed by atoms with van der Waals surface area (Å²) in [7, 11) is -0.375. The molecule has 0 bridgehead atoms. The molecule has 1 aliphatic heterocycles. The maximum atomic E-state index is 11.9. The summed E-state index contributed by atoms with van der Waals surface area (Å²) in [5.74, 6) is 4.96. The molecule has 2 aromatic heterocycles. The molecule has 1 aromatic carbocycles. The van der Waals surface area contributed by atoms with E-state index >= 15 is 0 Å². The smallest absolute Gasteiger partial charge is 0.306 e. The predicted octanol–water partition coefficient (Wildman–Crippen LogP) is 4.11. The van der Waals surface area contributed by atoms with E-state index in [9.17, 15) is 4.79 Å². The van der Waals surface area contributed by atoms with Gasteiger partial charge in [-0.3, -0.25) is 4.79 Å². The van der Waals surface area contributed by atoms with Crippen molar-refractivity contribution in [3.05, 3.63) is 71.9 Å². The van der Waals surface area contributed by atoms with Crippen molar-refractivity contribution < 1.29 is 14.1 Å². The largest absolute Gasteiger partial charge is 0.461 e. The molecule has 1 atom stereocenters. The number of aliphatic imine (C=N–C) groups is 1. The molecule has 0 radical (unpaired) electrons. The Hall–Kier alpha value is -3.31. The van der Waals surface area contributed by atoms with Crippen LogP contribution in [-0.4, -0.2) is 33.8 Å². The lowest BCUT2D eigenvalue weighted by Crippen LogP contribution is -2.32. The van der Waals surface area contributed by atoms with E-state index in [1.807, 2.05) is 71.5 Å². The van der Waals surface area contributed by atoms with E-state index in [1.54, 1.807) is 0 Å². The van der Waals surface area contributed by atoms with Gasteiger partial charge in [0.15, 0.2) is 24.0 Å². The molecule has 0 N–H and O–H groups in total. The summed E-state index contributed by atoms with van der Waals surface area (Å²) >= 11 is 0. The quantitative estimate of drug-likeness (QED) is 0.319. The van der Waals surface area contributed by atoms with Gasteiger partial charge in [-0.25, -0.2) is 14.5 Å². The summed E-state index contributed by atoms with van der Waals surface area (Å²) in [5, 5.41) is 8.50. The van der Waals surface area contributed by atoms with Crippen LogP contribution in [0.4, 0.5) is 5.82 Å². The fourth-order valence-electron chi connectivity index (χ4n) is 3.00. The summed E-state index contributed by atoms with van der Waals surface area (Å²) in [6.07, 6.45) is 6.92. The Labute approximate surface area is 182 Å². The number of aromatic nitrogens is 4. The summed E-state index contributed by atoms with van der Waals surface area (Å²) in [6, 6.07) is 13.6. The fourth-order valence-corrected chi connectivity index (χ4v) is 3.74. The summed E-state index contributed by atoms with van der Waals surface area (Å²) < 4.78 is 7.34.